The van der Waals surface area contributed by atoms with E-state index in [1.807, 2.05) is 22.7 Å². The highest BCUT2D eigenvalue weighted by atomic mass is 32.1. The lowest BCUT2D eigenvalue weighted by molar-refractivity contribution is 1.37. The van der Waals surface area contributed by atoms with Crippen molar-refractivity contribution in [3.63, 3.8) is 0 Å². The van der Waals surface area contributed by atoms with Crippen LogP contribution in [-0.4, -0.2) is 8.80 Å². The molecule has 0 fully saturated rings. The van der Waals surface area contributed by atoms with Crippen LogP contribution in [0.3, 0.4) is 0 Å². The zero-order valence-electron chi connectivity index (χ0n) is 30.9. The lowest BCUT2D eigenvalue weighted by atomic mass is 9.96. The van der Waals surface area contributed by atoms with E-state index in [0.29, 0.717) is 0 Å². The minimum atomic E-state index is 1.24. The standard InChI is InChI=1S/C54H28N2S2/c1-5-13-41-35(11-1)49-51-37-21-17-32(30-20-24-48-40(26-30)34-10-4-8-16-46(34)58-48)28-44(37)56-42-14-6-2-12-36(42)50(54(51)56)52-38-22-18-31(27-43(38)55(41)53(49)52)29-19-23-47-39(25-29)33-9-3-7-15-45(33)57-47/h1-28H. The molecule has 58 heavy (non-hydrogen) atoms. The first-order chi connectivity index (χ1) is 28.8. The first-order valence-electron chi connectivity index (χ1n) is 19.9. The third-order valence-electron chi connectivity index (χ3n) is 13.2. The summed E-state index contributed by atoms with van der Waals surface area (Å²) < 4.78 is 10.5. The highest BCUT2D eigenvalue weighted by Crippen LogP contribution is 2.52. The van der Waals surface area contributed by atoms with E-state index in [2.05, 4.69) is 179 Å². The molecule has 0 saturated carbocycles. The number of aromatic nitrogens is 2. The smallest absolute Gasteiger partial charge is 0.0634 e. The molecule has 0 N–H and O–H groups in total. The fourth-order valence-corrected chi connectivity index (χ4v) is 12.9. The molecule has 0 bridgehead atoms. The average molecular weight is 769 g/mol. The second kappa shape index (κ2) is 10.5. The maximum atomic E-state index is 2.58. The van der Waals surface area contributed by atoms with E-state index in [1.54, 1.807) is 0 Å². The zero-order chi connectivity index (χ0) is 37.4. The van der Waals surface area contributed by atoms with Gasteiger partial charge in [0, 0.05) is 83.4 Å². The molecule has 15 aromatic rings. The van der Waals surface area contributed by atoms with Gasteiger partial charge in [-0.05, 0) is 82.9 Å². The van der Waals surface area contributed by atoms with Gasteiger partial charge < -0.3 is 8.80 Å². The molecule has 0 radical (unpaired) electrons. The van der Waals surface area contributed by atoms with E-state index in [-0.39, 0.29) is 0 Å². The molecule has 0 aliphatic heterocycles. The van der Waals surface area contributed by atoms with Crippen LogP contribution in [0.2, 0.25) is 0 Å². The van der Waals surface area contributed by atoms with Crippen molar-refractivity contribution < 1.29 is 0 Å². The van der Waals surface area contributed by atoms with Gasteiger partial charge in [-0.15, -0.1) is 22.7 Å². The Bertz CT molecular complexity index is 3990. The van der Waals surface area contributed by atoms with Crippen LogP contribution >= 0.6 is 22.7 Å². The van der Waals surface area contributed by atoms with Gasteiger partial charge in [-0.2, -0.15) is 0 Å². The minimum absolute atomic E-state index is 1.24. The van der Waals surface area contributed by atoms with E-state index >= 15 is 0 Å². The predicted molar refractivity (Wildman–Crippen MR) is 252 cm³/mol. The lowest BCUT2D eigenvalue weighted by Crippen LogP contribution is -1.83. The number of thiophene rings is 2. The van der Waals surface area contributed by atoms with Gasteiger partial charge in [0.15, 0.2) is 0 Å². The molecular weight excluding hydrogens is 741 g/mol. The summed E-state index contributed by atoms with van der Waals surface area (Å²) in [5.41, 5.74) is 12.7. The molecule has 0 saturated heterocycles. The molecule has 4 heteroatoms. The molecule has 9 aromatic carbocycles. The minimum Gasteiger partial charge on any atom is -0.308 e. The summed E-state index contributed by atoms with van der Waals surface area (Å²) in [6, 6.07) is 64.1. The third kappa shape index (κ3) is 3.61. The van der Waals surface area contributed by atoms with Crippen LogP contribution in [0.4, 0.5) is 0 Å². The molecule has 6 heterocycles. The summed E-state index contributed by atoms with van der Waals surface area (Å²) in [6.45, 7) is 0. The van der Waals surface area contributed by atoms with Gasteiger partial charge in [-0.25, -0.2) is 0 Å². The van der Waals surface area contributed by atoms with E-state index in [0.717, 1.165) is 0 Å². The molecule has 0 amide bonds. The summed E-state index contributed by atoms with van der Waals surface area (Å²) in [4.78, 5) is 0. The van der Waals surface area contributed by atoms with E-state index in [9.17, 15) is 0 Å². The number of fused-ring (bicyclic) bond motifs is 20. The molecule has 0 spiro atoms. The maximum Gasteiger partial charge on any atom is 0.0634 e. The Hall–Kier alpha value is -6.98. The lowest BCUT2D eigenvalue weighted by Gasteiger charge is -2.06. The normalized spacial score (nSPS) is 12.8. The van der Waals surface area contributed by atoms with Gasteiger partial charge in [0.1, 0.15) is 0 Å². The zero-order valence-corrected chi connectivity index (χ0v) is 32.5. The third-order valence-corrected chi connectivity index (χ3v) is 15.5. The number of hydrogen-bond acceptors (Lipinski definition) is 2. The Labute approximate surface area is 338 Å². The van der Waals surface area contributed by atoms with Gasteiger partial charge >= 0.3 is 0 Å². The van der Waals surface area contributed by atoms with Gasteiger partial charge in [0.05, 0.1) is 33.1 Å². The Morgan fingerprint density at radius 3 is 1.07 bits per heavy atom. The topological polar surface area (TPSA) is 8.82 Å². The second-order valence-corrected chi connectivity index (χ2v) is 18.2. The quantitative estimate of drug-likeness (QED) is 0.166. The van der Waals surface area contributed by atoms with Crippen LogP contribution in [0, 0.1) is 0 Å². The van der Waals surface area contributed by atoms with Gasteiger partial charge in [0.2, 0.25) is 0 Å². The number of rotatable bonds is 2. The number of nitrogens with zero attached hydrogens (tertiary/aromatic N) is 2. The largest absolute Gasteiger partial charge is 0.308 e. The van der Waals surface area contributed by atoms with Crippen LogP contribution in [-0.2, 0) is 0 Å². The van der Waals surface area contributed by atoms with Gasteiger partial charge in [-0.3, -0.25) is 0 Å². The highest BCUT2D eigenvalue weighted by Gasteiger charge is 2.28. The maximum absolute atomic E-state index is 2.58. The SMILES string of the molecule is c1ccc2c(c1)sc1ccc(-c3ccc4c5c6c7ccccc7n7c8cc(-c9ccc%10sc%11ccccc%11c%10c9)ccc8c(c8c9ccccc9n(c4c3)c85)c67)cc12. The molecule has 266 valence electrons. The summed E-state index contributed by atoms with van der Waals surface area (Å²) in [6.07, 6.45) is 0. The Morgan fingerprint density at radius 1 is 0.259 bits per heavy atom. The van der Waals surface area contributed by atoms with E-state index in [1.165, 1.54) is 139 Å². The second-order valence-electron chi connectivity index (χ2n) is 16.0. The van der Waals surface area contributed by atoms with Crippen molar-refractivity contribution in [2.45, 2.75) is 0 Å². The first-order valence-corrected chi connectivity index (χ1v) is 21.6. The number of benzene rings is 9. The van der Waals surface area contributed by atoms with E-state index in [4.69, 9.17) is 0 Å². The fourth-order valence-electron chi connectivity index (χ4n) is 10.7. The molecule has 15 rings (SSSR count). The van der Waals surface area contributed by atoms with Crippen LogP contribution in [0.5, 0.6) is 0 Å². The van der Waals surface area contributed by atoms with Crippen LogP contribution in [0.25, 0.3) is 139 Å². The number of para-hydroxylation sites is 2. The summed E-state index contributed by atoms with van der Waals surface area (Å²) in [5, 5.41) is 16.0. The molecule has 0 unspecified atom stereocenters. The van der Waals surface area contributed by atoms with Gasteiger partial charge in [-0.1, -0.05) is 109 Å². The summed E-state index contributed by atoms with van der Waals surface area (Å²) in [7, 11) is 0. The van der Waals surface area contributed by atoms with Crippen molar-refractivity contribution in [1.29, 1.82) is 0 Å². The van der Waals surface area contributed by atoms with Crippen molar-refractivity contribution in [2.75, 3.05) is 0 Å². The molecular formula is C54H28N2S2. The Kier molecular flexibility index (Phi) is 5.46. The van der Waals surface area contributed by atoms with Crippen molar-refractivity contribution in [1.82, 2.24) is 8.80 Å². The fraction of sp³-hybridized carbons (Fsp3) is 0. The van der Waals surface area contributed by atoms with Crippen molar-refractivity contribution in [3.8, 4) is 22.3 Å². The first kappa shape index (κ1) is 30.2. The summed E-state index contributed by atoms with van der Waals surface area (Å²) >= 11 is 3.75. The van der Waals surface area contributed by atoms with Crippen molar-refractivity contribution in [2.24, 2.45) is 0 Å². The van der Waals surface area contributed by atoms with E-state index < -0.39 is 0 Å². The average Bonchev–Trinajstić information content (AvgIpc) is 4.11. The molecule has 0 atom stereocenters. The summed E-state index contributed by atoms with van der Waals surface area (Å²) in [5.74, 6) is 0. The number of hydrogen-bond donors (Lipinski definition) is 0. The highest BCUT2D eigenvalue weighted by molar-refractivity contribution is 7.26. The van der Waals surface area contributed by atoms with Crippen molar-refractivity contribution in [3.05, 3.63) is 170 Å². The Morgan fingerprint density at radius 2 is 0.603 bits per heavy atom. The van der Waals surface area contributed by atoms with Crippen LogP contribution < -0.4 is 0 Å². The molecule has 2 nitrogen and oxygen atoms in total. The molecule has 6 aromatic heterocycles. The van der Waals surface area contributed by atoms with Gasteiger partial charge in [0.25, 0.3) is 0 Å². The van der Waals surface area contributed by atoms with Crippen LogP contribution in [0.1, 0.15) is 0 Å². The predicted octanol–water partition coefficient (Wildman–Crippen LogP) is 16.1. The molecule has 0 aliphatic rings. The van der Waals surface area contributed by atoms with Crippen LogP contribution in [0.15, 0.2) is 170 Å². The molecule has 0 aliphatic carbocycles. The van der Waals surface area contributed by atoms with Crippen molar-refractivity contribution >= 4 is 139 Å². The monoisotopic (exact) mass is 768 g/mol. The Balaban J connectivity index is 1.06.